The maximum absolute atomic E-state index is 5.62. The van der Waals surface area contributed by atoms with Crippen LogP contribution >= 0.6 is 0 Å². The summed E-state index contributed by atoms with van der Waals surface area (Å²) in [5, 5.41) is 24.6. The summed E-state index contributed by atoms with van der Waals surface area (Å²) in [7, 11) is 0. The molecule has 0 saturated carbocycles. The van der Waals surface area contributed by atoms with Gasteiger partial charge in [0.1, 0.15) is 0 Å². The molecule has 4 heteroatoms. The van der Waals surface area contributed by atoms with E-state index in [-0.39, 0.29) is 0 Å². The molecule has 82 heavy (non-hydrogen) atoms. The number of rotatable bonds is 5. The van der Waals surface area contributed by atoms with Crippen molar-refractivity contribution in [3.8, 4) is 45.3 Å². The van der Waals surface area contributed by atoms with Gasteiger partial charge in [0.05, 0.1) is 33.5 Å². The molecular formula is C78H46N4. The van der Waals surface area contributed by atoms with Crippen LogP contribution in [0.5, 0.6) is 0 Å². The minimum absolute atomic E-state index is 0.620. The van der Waals surface area contributed by atoms with Crippen LogP contribution < -0.4 is 0 Å². The molecule has 0 bridgehead atoms. The predicted molar refractivity (Wildman–Crippen MR) is 347 cm³/mol. The lowest BCUT2D eigenvalue weighted by Crippen LogP contribution is -2.04. The van der Waals surface area contributed by atoms with Crippen LogP contribution in [0.2, 0.25) is 0 Å². The number of nitrogens with zero attached hydrogens (tertiary/aromatic N) is 4. The van der Waals surface area contributed by atoms with Crippen molar-refractivity contribution in [3.63, 3.8) is 0 Å². The van der Waals surface area contributed by atoms with Crippen molar-refractivity contribution in [1.82, 2.24) is 19.1 Å². The molecule has 0 aliphatic heterocycles. The van der Waals surface area contributed by atoms with Crippen molar-refractivity contribution in [2.24, 2.45) is 0 Å². The van der Waals surface area contributed by atoms with E-state index >= 15 is 0 Å². The fraction of sp³-hybridized carbons (Fsp3) is 0. The maximum Gasteiger partial charge on any atom is 0.235 e. The number of benzene rings is 15. The largest absolute Gasteiger partial charge is 0.309 e. The van der Waals surface area contributed by atoms with E-state index in [9.17, 15) is 0 Å². The van der Waals surface area contributed by atoms with Crippen LogP contribution in [0.4, 0.5) is 0 Å². The number of aromatic nitrogens is 4. The molecule has 18 aromatic rings. The van der Waals surface area contributed by atoms with Gasteiger partial charge in [-0.15, -0.1) is 0 Å². The Bertz CT molecular complexity index is 5540. The maximum atomic E-state index is 5.62. The summed E-state index contributed by atoms with van der Waals surface area (Å²) in [5.74, 6) is 0.620. The molecule has 0 aliphatic carbocycles. The van der Waals surface area contributed by atoms with Gasteiger partial charge in [-0.05, 0) is 164 Å². The summed E-state index contributed by atoms with van der Waals surface area (Å²) in [5.41, 5.74) is 11.7. The molecule has 0 amide bonds. The smallest absolute Gasteiger partial charge is 0.235 e. The van der Waals surface area contributed by atoms with E-state index < -0.39 is 0 Å². The van der Waals surface area contributed by atoms with Crippen LogP contribution in [0.25, 0.3) is 175 Å². The van der Waals surface area contributed by atoms with Gasteiger partial charge in [-0.25, -0.2) is 9.97 Å². The molecule has 0 aliphatic rings. The fourth-order valence-electron chi connectivity index (χ4n) is 13.9. The Morgan fingerprint density at radius 3 is 1.05 bits per heavy atom. The summed E-state index contributed by atoms with van der Waals surface area (Å²) in [4.78, 5) is 11.2. The SMILES string of the molecule is c1ccc2c(c1)ccc1cc(-n3c4ccccc4c4cc(-c5ccc6c(c5)c5ccccc5n6-c5nc(-c6ccc7c8ccccc8c8ccccc8c7c6)cc(-c6ccc7c8ccccc8c8ccccc8c7c6)n5)ccc43)ccc12. The van der Waals surface area contributed by atoms with E-state index in [1.165, 1.54) is 108 Å². The lowest BCUT2D eigenvalue weighted by atomic mass is 9.92. The molecular weight excluding hydrogens is 993 g/mol. The number of fused-ring (bicyclic) bond motifs is 21. The summed E-state index contributed by atoms with van der Waals surface area (Å²) < 4.78 is 4.70. The zero-order valence-corrected chi connectivity index (χ0v) is 44.3. The second-order valence-corrected chi connectivity index (χ2v) is 22.0. The first-order valence-electron chi connectivity index (χ1n) is 28.2. The van der Waals surface area contributed by atoms with Crippen molar-refractivity contribution in [2.45, 2.75) is 0 Å². The average molecular weight is 1040 g/mol. The molecule has 18 rings (SSSR count). The van der Waals surface area contributed by atoms with Gasteiger partial charge in [-0.2, -0.15) is 0 Å². The van der Waals surface area contributed by atoms with Crippen LogP contribution in [-0.2, 0) is 0 Å². The van der Waals surface area contributed by atoms with Gasteiger partial charge in [0.2, 0.25) is 5.95 Å². The summed E-state index contributed by atoms with van der Waals surface area (Å²) in [6, 6.07) is 103. The Balaban J connectivity index is 0.827. The molecule has 3 heterocycles. The molecule has 0 radical (unpaired) electrons. The molecule has 15 aromatic carbocycles. The van der Waals surface area contributed by atoms with Gasteiger partial charge in [-0.1, -0.05) is 212 Å². The Morgan fingerprint density at radius 1 is 0.195 bits per heavy atom. The highest BCUT2D eigenvalue weighted by Crippen LogP contribution is 2.43. The van der Waals surface area contributed by atoms with Crippen molar-refractivity contribution in [1.29, 1.82) is 0 Å². The van der Waals surface area contributed by atoms with Gasteiger partial charge >= 0.3 is 0 Å². The number of hydrogen-bond donors (Lipinski definition) is 0. The van der Waals surface area contributed by atoms with Gasteiger partial charge in [0.25, 0.3) is 0 Å². The van der Waals surface area contributed by atoms with Crippen LogP contribution in [0, 0.1) is 0 Å². The Labute approximate surface area is 470 Å². The summed E-state index contributed by atoms with van der Waals surface area (Å²) in [6.45, 7) is 0. The minimum Gasteiger partial charge on any atom is -0.309 e. The zero-order chi connectivity index (χ0) is 53.6. The topological polar surface area (TPSA) is 35.6 Å². The highest BCUT2D eigenvalue weighted by Gasteiger charge is 2.21. The van der Waals surface area contributed by atoms with Crippen LogP contribution in [-0.4, -0.2) is 19.1 Å². The second kappa shape index (κ2) is 17.3. The van der Waals surface area contributed by atoms with Crippen LogP contribution in [0.1, 0.15) is 0 Å². The van der Waals surface area contributed by atoms with E-state index in [0.29, 0.717) is 5.95 Å². The molecule has 3 aromatic heterocycles. The standard InChI is InChI=1S/C78H46N4/c1-2-16-54-47(15-1)29-30-50-41-53(35-38-55(50)54)81-74-27-13-11-25-66(74)70-42-48(33-39-76(70)81)49-34-40-77-71(43-49)67-26-12-14-28-75(67)82(77)78-79-72(51-31-36-64-60-21-5-3-17-56(60)58-19-7-9-23-62(58)68(64)44-51)46-73(80-78)52-32-37-65-61-22-6-4-18-57(61)59-20-8-10-24-63(59)69(65)45-52/h1-46H. The van der Waals surface area contributed by atoms with E-state index in [0.717, 1.165) is 61.1 Å². The molecule has 0 N–H and O–H groups in total. The molecule has 0 fully saturated rings. The first kappa shape index (κ1) is 45.0. The predicted octanol–water partition coefficient (Wildman–Crippen LogP) is 20.9. The van der Waals surface area contributed by atoms with E-state index in [1.54, 1.807) is 0 Å². The second-order valence-electron chi connectivity index (χ2n) is 22.0. The highest BCUT2D eigenvalue weighted by atomic mass is 15.2. The van der Waals surface area contributed by atoms with Gasteiger partial charge in [0.15, 0.2) is 0 Å². The highest BCUT2D eigenvalue weighted by molar-refractivity contribution is 6.27. The summed E-state index contributed by atoms with van der Waals surface area (Å²) >= 11 is 0. The Kier molecular flexibility index (Phi) is 9.48. The Hall–Kier alpha value is -10.9. The molecule has 0 atom stereocenters. The Morgan fingerprint density at radius 2 is 0.537 bits per heavy atom. The quantitative estimate of drug-likeness (QED) is 0.161. The lowest BCUT2D eigenvalue weighted by molar-refractivity contribution is 0.996. The van der Waals surface area contributed by atoms with Crippen molar-refractivity contribution in [2.75, 3.05) is 0 Å². The van der Waals surface area contributed by atoms with Crippen molar-refractivity contribution >= 4 is 130 Å². The normalized spacial score (nSPS) is 12.1. The van der Waals surface area contributed by atoms with Gasteiger partial charge in [-0.3, -0.25) is 4.57 Å². The third-order valence-corrected chi connectivity index (χ3v) is 17.7. The molecule has 0 unspecified atom stereocenters. The van der Waals surface area contributed by atoms with E-state index in [2.05, 4.69) is 288 Å². The van der Waals surface area contributed by atoms with E-state index in [1.807, 2.05) is 0 Å². The molecule has 0 saturated heterocycles. The monoisotopic (exact) mass is 1040 g/mol. The molecule has 0 spiro atoms. The third-order valence-electron chi connectivity index (χ3n) is 17.7. The third kappa shape index (κ3) is 6.61. The molecule has 4 nitrogen and oxygen atoms in total. The van der Waals surface area contributed by atoms with Gasteiger partial charge < -0.3 is 4.57 Å². The first-order chi connectivity index (χ1) is 40.6. The van der Waals surface area contributed by atoms with Gasteiger partial charge in [0, 0.05) is 38.4 Å². The van der Waals surface area contributed by atoms with E-state index in [4.69, 9.17) is 9.97 Å². The fourth-order valence-corrected chi connectivity index (χ4v) is 13.9. The van der Waals surface area contributed by atoms with Crippen LogP contribution in [0.15, 0.2) is 279 Å². The number of hydrogen-bond acceptors (Lipinski definition) is 2. The van der Waals surface area contributed by atoms with Crippen LogP contribution in [0.3, 0.4) is 0 Å². The number of para-hydroxylation sites is 2. The summed E-state index contributed by atoms with van der Waals surface area (Å²) in [6.07, 6.45) is 0. The first-order valence-corrected chi connectivity index (χ1v) is 28.2. The molecule has 378 valence electrons. The van der Waals surface area contributed by atoms with Crippen molar-refractivity contribution < 1.29 is 0 Å². The zero-order valence-electron chi connectivity index (χ0n) is 44.3. The minimum atomic E-state index is 0.620. The lowest BCUT2D eigenvalue weighted by Gasteiger charge is -2.15. The van der Waals surface area contributed by atoms with Crippen molar-refractivity contribution in [3.05, 3.63) is 279 Å². The average Bonchev–Trinajstić information content (AvgIpc) is 3.61.